The van der Waals surface area contributed by atoms with Crippen molar-refractivity contribution in [1.82, 2.24) is 9.97 Å². The maximum Gasteiger partial charge on any atom is 0.355 e. The second-order valence-electron chi connectivity index (χ2n) is 3.44. The van der Waals surface area contributed by atoms with E-state index in [1.165, 1.54) is 28.8 Å². The first-order valence-electron chi connectivity index (χ1n) is 5.08. The molecule has 0 unspecified atom stereocenters. The van der Waals surface area contributed by atoms with Gasteiger partial charge in [-0.2, -0.15) is 0 Å². The fourth-order valence-electron chi connectivity index (χ4n) is 1.26. The zero-order valence-electron chi connectivity index (χ0n) is 9.44. The lowest BCUT2D eigenvalue weighted by molar-refractivity contribution is -0.385. The molecule has 0 aliphatic heterocycles. The highest BCUT2D eigenvalue weighted by Crippen LogP contribution is 2.14. The van der Waals surface area contributed by atoms with Crippen LogP contribution in [0.2, 0.25) is 0 Å². The minimum atomic E-state index is -1.07. The van der Waals surface area contributed by atoms with Crippen LogP contribution in [0.4, 0.5) is 11.5 Å². The van der Waals surface area contributed by atoms with E-state index in [1.807, 2.05) is 0 Å². The quantitative estimate of drug-likeness (QED) is 0.632. The molecule has 0 amide bonds. The lowest BCUT2D eigenvalue weighted by Gasteiger charge is -2.01. The number of pyridine rings is 1. The molecule has 0 atom stereocenters. The number of carboxylic acid groups (broad SMARTS) is 1. The van der Waals surface area contributed by atoms with Crippen molar-refractivity contribution in [3.05, 3.63) is 44.5 Å². The van der Waals surface area contributed by atoms with Crippen molar-refractivity contribution in [2.45, 2.75) is 6.54 Å². The van der Waals surface area contributed by atoms with Gasteiger partial charge in [0.25, 0.3) is 5.69 Å². The van der Waals surface area contributed by atoms with Crippen LogP contribution in [0.5, 0.6) is 0 Å². The summed E-state index contributed by atoms with van der Waals surface area (Å²) in [6.45, 7) is 0.308. The predicted molar refractivity (Wildman–Crippen MR) is 67.3 cm³/mol. The predicted octanol–water partition coefficient (Wildman–Crippen LogP) is 1.76. The number of nitrogens with zero attached hydrogens (tertiary/aromatic N) is 3. The second-order valence-corrected chi connectivity index (χ2v) is 4.39. The smallest absolute Gasteiger partial charge is 0.355 e. The molecule has 9 heteroatoms. The fraction of sp³-hybridized carbons (Fsp3) is 0.100. The molecule has 0 radical (unpaired) electrons. The first kappa shape index (κ1) is 12.9. The van der Waals surface area contributed by atoms with Gasteiger partial charge >= 0.3 is 5.97 Å². The van der Waals surface area contributed by atoms with Gasteiger partial charge in [-0.1, -0.05) is 0 Å². The Balaban J connectivity index is 1.97. The topological polar surface area (TPSA) is 118 Å². The summed E-state index contributed by atoms with van der Waals surface area (Å²) in [5.74, 6) is -0.617. The summed E-state index contributed by atoms with van der Waals surface area (Å²) in [6.07, 6.45) is 1.15. The third-order valence-corrected chi connectivity index (χ3v) is 3.00. The monoisotopic (exact) mass is 280 g/mol. The third kappa shape index (κ3) is 3.22. The fourth-order valence-corrected chi connectivity index (χ4v) is 1.96. The molecule has 2 heterocycles. The number of nitro groups is 1. The Morgan fingerprint density at radius 2 is 2.32 bits per heavy atom. The Hall–Kier alpha value is -2.55. The third-order valence-electron chi connectivity index (χ3n) is 2.15. The van der Waals surface area contributed by atoms with Crippen molar-refractivity contribution in [2.24, 2.45) is 0 Å². The Labute approximate surface area is 110 Å². The molecule has 8 nitrogen and oxygen atoms in total. The molecule has 19 heavy (non-hydrogen) atoms. The van der Waals surface area contributed by atoms with Crippen LogP contribution in [-0.4, -0.2) is 26.0 Å². The van der Waals surface area contributed by atoms with E-state index < -0.39 is 10.9 Å². The maximum absolute atomic E-state index is 10.6. The van der Waals surface area contributed by atoms with E-state index in [9.17, 15) is 14.9 Å². The van der Waals surface area contributed by atoms with Gasteiger partial charge in [0.2, 0.25) is 0 Å². The van der Waals surface area contributed by atoms with Gasteiger partial charge in [-0.3, -0.25) is 10.1 Å². The van der Waals surface area contributed by atoms with Gasteiger partial charge in [0.1, 0.15) is 17.0 Å². The number of carbonyl (C=O) groups is 1. The molecular weight excluding hydrogens is 272 g/mol. The second kappa shape index (κ2) is 5.40. The molecule has 2 aromatic rings. The number of hydrogen-bond donors (Lipinski definition) is 2. The van der Waals surface area contributed by atoms with Crippen molar-refractivity contribution in [2.75, 3.05) is 5.32 Å². The molecule has 0 aliphatic rings. The van der Waals surface area contributed by atoms with Gasteiger partial charge in [-0.05, 0) is 6.07 Å². The van der Waals surface area contributed by atoms with Crippen LogP contribution in [0, 0.1) is 10.1 Å². The molecule has 2 aromatic heterocycles. The normalized spacial score (nSPS) is 10.1. The zero-order chi connectivity index (χ0) is 13.8. The number of carboxylic acids is 1. The van der Waals surface area contributed by atoms with E-state index >= 15 is 0 Å². The van der Waals surface area contributed by atoms with Crippen LogP contribution in [0.1, 0.15) is 15.5 Å². The highest BCUT2D eigenvalue weighted by Gasteiger charge is 2.09. The van der Waals surface area contributed by atoms with Gasteiger partial charge in [-0.15, -0.1) is 11.3 Å². The summed E-state index contributed by atoms with van der Waals surface area (Å²) in [6, 6.07) is 2.81. The number of hydrogen-bond acceptors (Lipinski definition) is 7. The maximum atomic E-state index is 10.6. The van der Waals surface area contributed by atoms with E-state index in [0.29, 0.717) is 17.4 Å². The Bertz CT molecular complexity index is 610. The van der Waals surface area contributed by atoms with E-state index in [2.05, 4.69) is 15.3 Å². The van der Waals surface area contributed by atoms with Crippen LogP contribution in [0.15, 0.2) is 23.7 Å². The molecule has 0 bridgehead atoms. The highest BCUT2D eigenvalue weighted by atomic mass is 32.1. The Morgan fingerprint density at radius 3 is 2.84 bits per heavy atom. The molecule has 98 valence electrons. The largest absolute Gasteiger partial charge is 0.476 e. The first-order valence-corrected chi connectivity index (χ1v) is 5.96. The SMILES string of the molecule is O=C(O)c1csc(CNc2ccc([N+](=O)[O-])cn2)n1. The summed E-state index contributed by atoms with van der Waals surface area (Å²) in [7, 11) is 0. The minimum absolute atomic E-state index is 0.00143. The average Bonchev–Trinajstić information content (AvgIpc) is 2.86. The number of thiazole rings is 1. The molecule has 0 spiro atoms. The number of anilines is 1. The average molecular weight is 280 g/mol. The summed E-state index contributed by atoms with van der Waals surface area (Å²) in [5, 5.41) is 24.1. The van der Waals surface area contributed by atoms with E-state index in [-0.39, 0.29) is 11.4 Å². The molecule has 0 saturated carbocycles. The molecule has 0 aromatic carbocycles. The first-order chi connectivity index (χ1) is 9.06. The van der Waals surface area contributed by atoms with Crippen LogP contribution in [-0.2, 0) is 6.54 Å². The number of aromatic carboxylic acids is 1. The van der Waals surface area contributed by atoms with Crippen molar-refractivity contribution in [1.29, 1.82) is 0 Å². The molecule has 0 aliphatic carbocycles. The van der Waals surface area contributed by atoms with Crippen LogP contribution < -0.4 is 5.32 Å². The van der Waals surface area contributed by atoms with Gasteiger partial charge in [-0.25, -0.2) is 14.8 Å². The lowest BCUT2D eigenvalue weighted by Crippen LogP contribution is -2.02. The summed E-state index contributed by atoms with van der Waals surface area (Å²) < 4.78 is 0. The molecule has 0 saturated heterocycles. The lowest BCUT2D eigenvalue weighted by atomic mass is 10.4. The van der Waals surface area contributed by atoms with Gasteiger partial charge in [0.05, 0.1) is 11.5 Å². The van der Waals surface area contributed by atoms with E-state index in [0.717, 1.165) is 6.20 Å². The van der Waals surface area contributed by atoms with Crippen molar-refractivity contribution in [3.8, 4) is 0 Å². The van der Waals surface area contributed by atoms with Gasteiger partial charge in [0, 0.05) is 11.4 Å². The molecule has 2 N–H and O–H groups in total. The van der Waals surface area contributed by atoms with Crippen molar-refractivity contribution >= 4 is 28.8 Å². The number of nitrogens with one attached hydrogen (secondary N) is 1. The van der Waals surface area contributed by atoms with Gasteiger partial charge in [0.15, 0.2) is 5.69 Å². The molecular formula is C10H8N4O4S. The molecule has 0 fully saturated rings. The van der Waals surface area contributed by atoms with Crippen molar-refractivity contribution in [3.63, 3.8) is 0 Å². The minimum Gasteiger partial charge on any atom is -0.476 e. The van der Waals surface area contributed by atoms with E-state index in [4.69, 9.17) is 5.11 Å². The Kier molecular flexibility index (Phi) is 3.66. The summed E-state index contributed by atoms with van der Waals surface area (Å²) >= 11 is 1.21. The summed E-state index contributed by atoms with van der Waals surface area (Å²) in [5.41, 5.74) is -0.0913. The standard InChI is InChI=1S/C10H8N4O4S/c15-10(16)7-5-19-9(13-7)4-12-8-2-1-6(3-11-8)14(17)18/h1-3,5H,4H2,(H,11,12)(H,15,16). The van der Waals surface area contributed by atoms with Crippen LogP contribution in [0.3, 0.4) is 0 Å². The number of aromatic nitrogens is 2. The van der Waals surface area contributed by atoms with Crippen LogP contribution >= 0.6 is 11.3 Å². The Morgan fingerprint density at radius 1 is 1.53 bits per heavy atom. The highest BCUT2D eigenvalue weighted by molar-refractivity contribution is 7.09. The number of rotatable bonds is 5. The van der Waals surface area contributed by atoms with E-state index in [1.54, 1.807) is 0 Å². The summed E-state index contributed by atoms with van der Waals surface area (Å²) in [4.78, 5) is 28.3. The zero-order valence-corrected chi connectivity index (χ0v) is 10.3. The van der Waals surface area contributed by atoms with Crippen LogP contribution in [0.25, 0.3) is 0 Å². The van der Waals surface area contributed by atoms with Crippen molar-refractivity contribution < 1.29 is 14.8 Å². The van der Waals surface area contributed by atoms with Gasteiger partial charge < -0.3 is 10.4 Å². The molecule has 2 rings (SSSR count).